The van der Waals surface area contributed by atoms with Crippen molar-refractivity contribution in [1.29, 1.82) is 0 Å². The van der Waals surface area contributed by atoms with E-state index in [1.165, 1.54) is 19.4 Å². The molecule has 0 saturated carbocycles. The molecular weight excluding hydrogens is 416 g/mol. The molecule has 0 aliphatic carbocycles. The highest BCUT2D eigenvalue weighted by Crippen LogP contribution is 2.48. The number of aliphatic carboxylic acids is 1. The second kappa shape index (κ2) is 7.83. The van der Waals surface area contributed by atoms with E-state index < -0.39 is 41.2 Å². The molecule has 32 heavy (non-hydrogen) atoms. The van der Waals surface area contributed by atoms with Crippen molar-refractivity contribution in [3.8, 4) is 17.2 Å². The number of carbonyl (C=O) groups is 3. The number of amides is 2. The van der Waals surface area contributed by atoms with Crippen LogP contribution < -0.4 is 24.8 Å². The van der Waals surface area contributed by atoms with E-state index in [1.807, 2.05) is 0 Å². The summed E-state index contributed by atoms with van der Waals surface area (Å²) in [6.07, 6.45) is 0. The number of methoxy groups -OCH3 is 1. The van der Waals surface area contributed by atoms with Gasteiger partial charge in [-0.15, -0.1) is 0 Å². The summed E-state index contributed by atoms with van der Waals surface area (Å²) in [5.41, 5.74) is -1.16. The van der Waals surface area contributed by atoms with Gasteiger partial charge in [-0.05, 0) is 38.1 Å². The van der Waals surface area contributed by atoms with Gasteiger partial charge < -0.3 is 29.8 Å². The molecule has 2 aliphatic rings. The zero-order valence-electron chi connectivity index (χ0n) is 17.9. The van der Waals surface area contributed by atoms with Crippen LogP contribution in [0.25, 0.3) is 0 Å². The Morgan fingerprint density at radius 3 is 2.50 bits per heavy atom. The van der Waals surface area contributed by atoms with E-state index in [4.69, 9.17) is 9.47 Å². The Morgan fingerprint density at radius 1 is 1.16 bits per heavy atom. The number of carboxylic acid groups (broad SMARTS) is 1. The van der Waals surface area contributed by atoms with Crippen LogP contribution in [-0.4, -0.2) is 42.1 Å². The highest BCUT2D eigenvalue weighted by atomic mass is 16.5. The number of hydrogen-bond acceptors (Lipinski definition) is 7. The van der Waals surface area contributed by atoms with Crippen molar-refractivity contribution in [2.24, 2.45) is 11.8 Å². The van der Waals surface area contributed by atoms with Crippen molar-refractivity contribution in [2.45, 2.75) is 25.4 Å². The van der Waals surface area contributed by atoms with Crippen molar-refractivity contribution < 1.29 is 39.4 Å². The molecular formula is C23H24N2O7. The molecule has 0 spiro atoms. The number of nitrogens with zero attached hydrogens (tertiary/aromatic N) is 1. The molecule has 4 unspecified atom stereocenters. The van der Waals surface area contributed by atoms with E-state index in [9.17, 15) is 24.6 Å². The van der Waals surface area contributed by atoms with Crippen LogP contribution in [0.1, 0.15) is 25.5 Å². The lowest BCUT2D eigenvalue weighted by Gasteiger charge is -2.29. The molecule has 2 amide bonds. The van der Waals surface area contributed by atoms with Crippen LogP contribution in [0.3, 0.4) is 0 Å². The van der Waals surface area contributed by atoms with Crippen LogP contribution in [0.15, 0.2) is 42.5 Å². The van der Waals surface area contributed by atoms with E-state index in [1.54, 1.807) is 49.4 Å². The lowest BCUT2D eigenvalue weighted by Crippen LogP contribution is -2.98. The Labute approximate surface area is 184 Å². The Balaban J connectivity index is 1.85. The van der Waals surface area contributed by atoms with Crippen LogP contribution in [0.2, 0.25) is 0 Å². The number of phenols is 1. The molecule has 2 aromatic rings. The number of quaternary nitrogens is 1. The van der Waals surface area contributed by atoms with Crippen molar-refractivity contribution in [1.82, 2.24) is 0 Å². The SMILES string of the molecule is CCOc1cccc(C2[NH2+]C(C)(C(=O)[O-])C3C(=O)N(c4ccccc4OC)C(=O)C23)c1O. The molecule has 3 N–H and O–H groups in total. The molecule has 2 aromatic carbocycles. The fourth-order valence-corrected chi connectivity index (χ4v) is 4.87. The van der Waals surface area contributed by atoms with Gasteiger partial charge in [-0.3, -0.25) is 9.59 Å². The first-order valence-electron chi connectivity index (χ1n) is 10.3. The van der Waals surface area contributed by atoms with Crippen LogP contribution in [0.4, 0.5) is 5.69 Å². The van der Waals surface area contributed by atoms with E-state index in [0.717, 1.165) is 4.90 Å². The smallest absolute Gasteiger partial charge is 0.244 e. The number of carbonyl (C=O) groups excluding carboxylic acids is 3. The molecule has 4 atom stereocenters. The number of imide groups is 1. The summed E-state index contributed by atoms with van der Waals surface area (Å²) in [4.78, 5) is 40.2. The number of aromatic hydroxyl groups is 1. The van der Waals surface area contributed by atoms with Gasteiger partial charge in [-0.2, -0.15) is 0 Å². The predicted molar refractivity (Wildman–Crippen MR) is 110 cm³/mol. The maximum Gasteiger partial charge on any atom is 0.244 e. The zero-order chi connectivity index (χ0) is 23.2. The number of anilines is 1. The third-order valence-corrected chi connectivity index (χ3v) is 6.36. The Bertz CT molecular complexity index is 1100. The number of carboxylic acids is 1. The number of benzene rings is 2. The lowest BCUT2D eigenvalue weighted by atomic mass is 9.80. The summed E-state index contributed by atoms with van der Waals surface area (Å²) in [7, 11) is 1.42. The van der Waals surface area contributed by atoms with Crippen molar-refractivity contribution in [2.75, 3.05) is 18.6 Å². The molecule has 0 aromatic heterocycles. The third kappa shape index (κ3) is 3.00. The topological polar surface area (TPSA) is 133 Å². The van der Waals surface area contributed by atoms with Crippen LogP contribution in [-0.2, 0) is 14.4 Å². The monoisotopic (exact) mass is 440 g/mol. The third-order valence-electron chi connectivity index (χ3n) is 6.36. The first kappa shape index (κ1) is 21.6. The Kier molecular flexibility index (Phi) is 5.29. The summed E-state index contributed by atoms with van der Waals surface area (Å²) >= 11 is 0. The standard InChI is InChI=1S/C23H24N2O7/c1-4-32-15-11-7-8-12(19(15)26)18-16-17(23(2,24-18)22(29)30)21(28)25(20(16)27)13-9-5-6-10-14(13)31-3/h5-11,16-18,24,26H,4H2,1-3H3,(H,29,30). The quantitative estimate of drug-likeness (QED) is 0.591. The summed E-state index contributed by atoms with van der Waals surface area (Å²) < 4.78 is 10.8. The Morgan fingerprint density at radius 2 is 1.84 bits per heavy atom. The van der Waals surface area contributed by atoms with Crippen molar-refractivity contribution in [3.05, 3.63) is 48.0 Å². The summed E-state index contributed by atoms with van der Waals surface area (Å²) in [5.74, 6) is -4.54. The second-order valence-electron chi connectivity index (χ2n) is 8.08. The lowest BCUT2D eigenvalue weighted by molar-refractivity contribution is -0.735. The van der Waals surface area contributed by atoms with Gasteiger partial charge in [0.2, 0.25) is 11.8 Å². The molecule has 2 saturated heterocycles. The van der Waals surface area contributed by atoms with E-state index >= 15 is 0 Å². The van der Waals surface area contributed by atoms with Gasteiger partial charge in [0, 0.05) is 0 Å². The minimum atomic E-state index is -1.72. The van der Waals surface area contributed by atoms with Gasteiger partial charge >= 0.3 is 0 Å². The van der Waals surface area contributed by atoms with Crippen LogP contribution in [0, 0.1) is 11.8 Å². The minimum Gasteiger partial charge on any atom is -0.544 e. The van der Waals surface area contributed by atoms with Crippen LogP contribution >= 0.6 is 0 Å². The number of rotatable bonds is 6. The highest BCUT2D eigenvalue weighted by Gasteiger charge is 2.68. The molecule has 9 heteroatoms. The number of nitrogens with two attached hydrogens (primary N) is 1. The maximum atomic E-state index is 13.6. The average Bonchev–Trinajstić information content (AvgIpc) is 3.23. The second-order valence-corrected chi connectivity index (χ2v) is 8.08. The maximum absolute atomic E-state index is 13.6. The molecule has 0 radical (unpaired) electrons. The van der Waals surface area contributed by atoms with Gasteiger partial charge in [0.1, 0.15) is 35.1 Å². The molecule has 2 fully saturated rings. The van der Waals surface area contributed by atoms with Gasteiger partial charge in [-0.1, -0.05) is 18.2 Å². The normalized spacial score (nSPS) is 26.8. The predicted octanol–water partition coefficient (Wildman–Crippen LogP) is -0.268. The molecule has 168 valence electrons. The fraction of sp³-hybridized carbons (Fsp3) is 0.348. The number of hydrogen-bond donors (Lipinski definition) is 2. The highest BCUT2D eigenvalue weighted by molar-refractivity contribution is 6.24. The number of ether oxygens (including phenoxy) is 2. The summed E-state index contributed by atoms with van der Waals surface area (Å²) in [6.45, 7) is 3.45. The van der Waals surface area contributed by atoms with E-state index in [-0.39, 0.29) is 17.2 Å². The molecule has 2 heterocycles. The van der Waals surface area contributed by atoms with E-state index in [0.29, 0.717) is 17.9 Å². The number of fused-ring (bicyclic) bond motifs is 1. The number of phenolic OH excluding ortho intramolecular Hbond substituents is 1. The first-order valence-corrected chi connectivity index (χ1v) is 10.3. The van der Waals surface area contributed by atoms with Crippen molar-refractivity contribution >= 4 is 23.5 Å². The minimum absolute atomic E-state index is 0.187. The van der Waals surface area contributed by atoms with E-state index in [2.05, 4.69) is 0 Å². The van der Waals surface area contributed by atoms with Gasteiger partial charge in [0.15, 0.2) is 11.5 Å². The van der Waals surface area contributed by atoms with Gasteiger partial charge in [0.05, 0.1) is 25.0 Å². The number of para-hydroxylation sites is 3. The van der Waals surface area contributed by atoms with Gasteiger partial charge in [-0.25, -0.2) is 4.90 Å². The van der Waals surface area contributed by atoms with Crippen molar-refractivity contribution in [3.63, 3.8) is 0 Å². The molecule has 9 nitrogen and oxygen atoms in total. The molecule has 0 bridgehead atoms. The first-order chi connectivity index (χ1) is 15.3. The Hall–Kier alpha value is -3.59. The van der Waals surface area contributed by atoms with Crippen LogP contribution in [0.5, 0.6) is 17.2 Å². The van der Waals surface area contributed by atoms with Gasteiger partial charge in [0.25, 0.3) is 0 Å². The average molecular weight is 440 g/mol. The largest absolute Gasteiger partial charge is 0.544 e. The summed E-state index contributed by atoms with van der Waals surface area (Å²) in [6, 6.07) is 10.5. The molecule has 2 aliphatic heterocycles. The summed E-state index contributed by atoms with van der Waals surface area (Å²) in [5, 5.41) is 24.4. The molecule has 4 rings (SSSR count). The fourth-order valence-electron chi connectivity index (χ4n) is 4.87. The zero-order valence-corrected chi connectivity index (χ0v) is 17.9.